The Morgan fingerprint density at radius 1 is 1.60 bits per heavy atom. The monoisotopic (exact) mass is 151 g/mol. The molecule has 1 aliphatic rings. The lowest BCUT2D eigenvalue weighted by molar-refractivity contribution is -0.195. The van der Waals surface area contributed by atoms with Crippen LogP contribution >= 0.6 is 0 Å². The number of likely N-dealkylation sites (N-methyl/N-ethyl adjacent to an activating group) is 1. The van der Waals surface area contributed by atoms with Gasteiger partial charge in [-0.2, -0.15) is 8.78 Å². The van der Waals surface area contributed by atoms with Crippen molar-refractivity contribution in [3.05, 3.63) is 0 Å². The molecule has 0 radical (unpaired) electrons. The SMILES string of the molecule is CCN1CC(OC(F)F)C1. The van der Waals surface area contributed by atoms with Crippen molar-refractivity contribution >= 4 is 0 Å². The van der Waals surface area contributed by atoms with Gasteiger partial charge in [0.2, 0.25) is 0 Å². The zero-order valence-corrected chi connectivity index (χ0v) is 5.89. The van der Waals surface area contributed by atoms with E-state index in [1.807, 2.05) is 11.8 Å². The van der Waals surface area contributed by atoms with Crippen molar-refractivity contribution in [1.29, 1.82) is 0 Å². The molecule has 0 amide bonds. The molecule has 60 valence electrons. The van der Waals surface area contributed by atoms with Crippen molar-refractivity contribution in [3.8, 4) is 0 Å². The normalized spacial score (nSPS) is 21.6. The number of hydrogen-bond acceptors (Lipinski definition) is 2. The highest BCUT2D eigenvalue weighted by Crippen LogP contribution is 2.13. The zero-order chi connectivity index (χ0) is 7.56. The Balaban J connectivity index is 2.03. The molecule has 1 rings (SSSR count). The smallest absolute Gasteiger partial charge is 0.317 e. The largest absolute Gasteiger partial charge is 0.345 e. The molecule has 0 spiro atoms. The molecule has 1 heterocycles. The van der Waals surface area contributed by atoms with E-state index >= 15 is 0 Å². The van der Waals surface area contributed by atoms with Crippen molar-refractivity contribution in [1.82, 2.24) is 4.90 Å². The summed E-state index contributed by atoms with van der Waals surface area (Å²) in [5, 5.41) is 0. The van der Waals surface area contributed by atoms with Crippen molar-refractivity contribution in [3.63, 3.8) is 0 Å². The molecule has 1 saturated heterocycles. The van der Waals surface area contributed by atoms with Crippen LogP contribution in [0, 0.1) is 0 Å². The molecular weight excluding hydrogens is 140 g/mol. The summed E-state index contributed by atoms with van der Waals surface area (Å²) >= 11 is 0. The molecule has 2 nitrogen and oxygen atoms in total. The molecule has 0 saturated carbocycles. The van der Waals surface area contributed by atoms with Crippen molar-refractivity contribution in [2.75, 3.05) is 19.6 Å². The Kier molecular flexibility index (Phi) is 2.56. The fraction of sp³-hybridized carbons (Fsp3) is 1.00. The summed E-state index contributed by atoms with van der Waals surface area (Å²) in [7, 11) is 0. The van der Waals surface area contributed by atoms with Gasteiger partial charge in [0.15, 0.2) is 0 Å². The van der Waals surface area contributed by atoms with E-state index in [1.54, 1.807) is 0 Å². The summed E-state index contributed by atoms with van der Waals surface area (Å²) in [6, 6.07) is 0. The highest BCUT2D eigenvalue weighted by atomic mass is 19.3. The first kappa shape index (κ1) is 7.88. The number of ether oxygens (including phenoxy) is 1. The summed E-state index contributed by atoms with van der Waals surface area (Å²) in [6.45, 7) is 1.62. The average Bonchev–Trinajstić information content (AvgIpc) is 1.76. The molecule has 0 aliphatic carbocycles. The minimum Gasteiger partial charge on any atom is -0.317 e. The second kappa shape index (κ2) is 3.25. The van der Waals surface area contributed by atoms with Gasteiger partial charge in [0.05, 0.1) is 6.10 Å². The molecule has 4 heteroatoms. The number of alkyl halides is 2. The molecule has 0 bridgehead atoms. The second-order valence-corrected chi connectivity index (χ2v) is 2.37. The number of hydrogen-bond donors (Lipinski definition) is 0. The van der Waals surface area contributed by atoms with Gasteiger partial charge in [0.25, 0.3) is 0 Å². The van der Waals surface area contributed by atoms with Crippen LogP contribution in [0.1, 0.15) is 6.92 Å². The van der Waals surface area contributed by atoms with Crippen molar-refractivity contribution in [2.24, 2.45) is 0 Å². The van der Waals surface area contributed by atoms with Gasteiger partial charge in [-0.05, 0) is 6.54 Å². The Bertz CT molecular complexity index is 104. The topological polar surface area (TPSA) is 12.5 Å². The average molecular weight is 151 g/mol. The van der Waals surface area contributed by atoms with E-state index in [1.165, 1.54) is 0 Å². The molecule has 10 heavy (non-hydrogen) atoms. The molecule has 0 unspecified atom stereocenters. The third kappa shape index (κ3) is 1.88. The zero-order valence-electron chi connectivity index (χ0n) is 5.89. The van der Waals surface area contributed by atoms with Crippen molar-refractivity contribution in [2.45, 2.75) is 19.6 Å². The summed E-state index contributed by atoms with van der Waals surface area (Å²) in [6.07, 6.45) is -0.236. The minimum absolute atomic E-state index is 0.236. The lowest BCUT2D eigenvalue weighted by atomic mass is 10.2. The van der Waals surface area contributed by atoms with Crippen LogP contribution in [0.3, 0.4) is 0 Å². The summed E-state index contributed by atoms with van der Waals surface area (Å²) in [5.41, 5.74) is 0. The van der Waals surface area contributed by atoms with Gasteiger partial charge >= 0.3 is 6.61 Å². The number of likely N-dealkylation sites (tertiary alicyclic amines) is 1. The van der Waals surface area contributed by atoms with Gasteiger partial charge in [-0.25, -0.2) is 0 Å². The second-order valence-electron chi connectivity index (χ2n) is 2.37. The highest BCUT2D eigenvalue weighted by Gasteiger charge is 2.28. The lowest BCUT2D eigenvalue weighted by Gasteiger charge is -2.37. The van der Waals surface area contributed by atoms with E-state index in [9.17, 15) is 8.78 Å². The van der Waals surface area contributed by atoms with E-state index < -0.39 is 6.61 Å². The molecule has 0 N–H and O–H groups in total. The van der Waals surface area contributed by atoms with E-state index in [-0.39, 0.29) is 6.10 Å². The maximum Gasteiger partial charge on any atom is 0.345 e. The summed E-state index contributed by atoms with van der Waals surface area (Å²) < 4.78 is 27.2. The first-order valence-electron chi connectivity index (χ1n) is 3.38. The summed E-state index contributed by atoms with van der Waals surface area (Å²) in [4.78, 5) is 2.05. The maximum atomic E-state index is 11.5. The van der Waals surface area contributed by atoms with Crippen LogP contribution in [0.15, 0.2) is 0 Å². The molecule has 0 aromatic heterocycles. The van der Waals surface area contributed by atoms with E-state index in [0.29, 0.717) is 13.1 Å². The number of nitrogens with zero attached hydrogens (tertiary/aromatic N) is 1. The Hall–Kier alpha value is -0.220. The van der Waals surface area contributed by atoms with E-state index in [2.05, 4.69) is 4.74 Å². The van der Waals surface area contributed by atoms with Crippen LogP contribution in [-0.4, -0.2) is 37.2 Å². The maximum absolute atomic E-state index is 11.5. The number of halogens is 2. The molecule has 0 atom stereocenters. The van der Waals surface area contributed by atoms with Gasteiger partial charge < -0.3 is 4.74 Å². The predicted molar refractivity (Wildman–Crippen MR) is 33.0 cm³/mol. The minimum atomic E-state index is -2.61. The third-order valence-corrected chi connectivity index (χ3v) is 1.67. The predicted octanol–water partition coefficient (Wildman–Crippen LogP) is 0.930. The van der Waals surface area contributed by atoms with Gasteiger partial charge in [-0.1, -0.05) is 6.92 Å². The Morgan fingerprint density at radius 2 is 2.20 bits per heavy atom. The van der Waals surface area contributed by atoms with Crippen molar-refractivity contribution < 1.29 is 13.5 Å². The summed E-state index contributed by atoms with van der Waals surface area (Å²) in [5.74, 6) is 0. The first-order chi connectivity index (χ1) is 4.72. The number of rotatable bonds is 3. The van der Waals surface area contributed by atoms with Gasteiger partial charge in [0, 0.05) is 13.1 Å². The molecule has 0 aromatic carbocycles. The van der Waals surface area contributed by atoms with Crippen LogP contribution < -0.4 is 0 Å². The first-order valence-corrected chi connectivity index (χ1v) is 3.38. The molecule has 1 fully saturated rings. The highest BCUT2D eigenvalue weighted by molar-refractivity contribution is 4.78. The van der Waals surface area contributed by atoms with Crippen LogP contribution in [0.25, 0.3) is 0 Å². The van der Waals surface area contributed by atoms with E-state index in [0.717, 1.165) is 6.54 Å². The fourth-order valence-corrected chi connectivity index (χ4v) is 1.01. The van der Waals surface area contributed by atoms with Gasteiger partial charge in [-0.15, -0.1) is 0 Å². The third-order valence-electron chi connectivity index (χ3n) is 1.67. The molecule has 1 aliphatic heterocycles. The quantitative estimate of drug-likeness (QED) is 0.595. The van der Waals surface area contributed by atoms with Gasteiger partial charge in [0.1, 0.15) is 0 Å². The van der Waals surface area contributed by atoms with Crippen LogP contribution in [0.2, 0.25) is 0 Å². The Labute approximate surface area is 58.8 Å². The molecule has 0 aromatic rings. The standard InChI is InChI=1S/C6H11F2NO/c1-2-9-3-5(4-9)10-6(7)8/h5-6H,2-4H2,1H3. The fourth-order valence-electron chi connectivity index (χ4n) is 1.01. The lowest BCUT2D eigenvalue weighted by Crippen LogP contribution is -2.52. The molecular formula is C6H11F2NO. The Morgan fingerprint density at radius 3 is 2.60 bits per heavy atom. The van der Waals surface area contributed by atoms with Gasteiger partial charge in [-0.3, -0.25) is 4.90 Å². The van der Waals surface area contributed by atoms with E-state index in [4.69, 9.17) is 0 Å². The van der Waals surface area contributed by atoms with Crippen LogP contribution in [0.5, 0.6) is 0 Å². The van der Waals surface area contributed by atoms with Crippen LogP contribution in [0.4, 0.5) is 8.78 Å². The van der Waals surface area contributed by atoms with Crippen LogP contribution in [-0.2, 0) is 4.74 Å².